The summed E-state index contributed by atoms with van der Waals surface area (Å²) in [6.07, 6.45) is 9.25. The summed E-state index contributed by atoms with van der Waals surface area (Å²) in [4.78, 5) is 118. The van der Waals surface area contributed by atoms with Gasteiger partial charge in [-0.2, -0.15) is 12.6 Å². The fourth-order valence-corrected chi connectivity index (χ4v) is 6.14. The lowest BCUT2D eigenvalue weighted by atomic mass is 9.65. The highest BCUT2D eigenvalue weighted by Crippen LogP contribution is 2.44. The Kier molecular flexibility index (Phi) is 20.4. The van der Waals surface area contributed by atoms with Gasteiger partial charge in [-0.05, 0) is 19.3 Å². The molecule has 0 spiro atoms. The molecule has 0 aromatic heterocycles. The van der Waals surface area contributed by atoms with E-state index in [1.54, 1.807) is 41.5 Å². The zero-order chi connectivity index (χ0) is 47.6. The Balaban J connectivity index is 0.000000763. The third kappa shape index (κ3) is 16.9. The first-order chi connectivity index (χ1) is 26.9. The van der Waals surface area contributed by atoms with E-state index >= 15 is 0 Å². The van der Waals surface area contributed by atoms with Crippen molar-refractivity contribution in [1.82, 2.24) is 14.7 Å². The van der Waals surface area contributed by atoms with Gasteiger partial charge in [-0.1, -0.05) is 120 Å². The zero-order valence-electron chi connectivity index (χ0n) is 38.1. The normalized spacial score (nSPS) is 17.7. The third-order valence-electron chi connectivity index (χ3n) is 8.94. The third-order valence-corrected chi connectivity index (χ3v) is 9.45. The van der Waals surface area contributed by atoms with Gasteiger partial charge in [-0.3, -0.25) is 62.6 Å². The molecule has 60 heavy (non-hydrogen) atoms. The molecule has 1 saturated carbocycles. The maximum Gasteiger partial charge on any atom is 0.254 e. The van der Waals surface area contributed by atoms with Crippen LogP contribution in [-0.4, -0.2) is 108 Å². The minimum atomic E-state index is -0.879. The highest BCUT2D eigenvalue weighted by molar-refractivity contribution is 9.09. The summed E-state index contributed by atoms with van der Waals surface area (Å²) >= 11 is 7.22. The molecule has 0 bridgehead atoms. The smallest absolute Gasteiger partial charge is 0.254 e. The van der Waals surface area contributed by atoms with Crippen LogP contribution in [0.3, 0.4) is 0 Å². The number of nitrogens with two attached hydrogens (primary N) is 1. The van der Waals surface area contributed by atoms with E-state index < -0.39 is 51.5 Å². The molecule has 4 rings (SSSR count). The lowest BCUT2D eigenvalue weighted by Gasteiger charge is -2.48. The van der Waals surface area contributed by atoms with E-state index in [4.69, 9.17) is 5.73 Å². The van der Waals surface area contributed by atoms with E-state index in [0.717, 1.165) is 33.3 Å². The zero-order valence-corrected chi connectivity index (χ0v) is 40.6. The van der Waals surface area contributed by atoms with E-state index in [1.807, 2.05) is 41.5 Å². The Hall–Kier alpha value is -3.89. The van der Waals surface area contributed by atoms with Crippen molar-refractivity contribution in [2.24, 2.45) is 27.4 Å². The summed E-state index contributed by atoms with van der Waals surface area (Å²) in [5.41, 5.74) is 2.73. The van der Waals surface area contributed by atoms with Crippen molar-refractivity contribution in [2.45, 2.75) is 139 Å². The molecule has 1 fully saturated rings. The number of Topliss-reactive ketones (excluding diaryl/α,β-unsaturated/α-hetero) is 4. The number of imide groups is 3. The average Bonchev–Trinajstić information content (AvgIpc) is 3.70. The van der Waals surface area contributed by atoms with E-state index in [2.05, 4.69) is 49.3 Å². The second-order valence-corrected chi connectivity index (χ2v) is 21.7. The number of carbonyl (C=O) groups excluding carboxylic acids is 10. The van der Waals surface area contributed by atoms with Gasteiger partial charge < -0.3 is 5.73 Å². The largest absolute Gasteiger partial charge is 0.328 e. The van der Waals surface area contributed by atoms with Crippen LogP contribution in [0.4, 0.5) is 0 Å². The van der Waals surface area contributed by atoms with Crippen LogP contribution in [0.15, 0.2) is 36.5 Å². The van der Waals surface area contributed by atoms with Gasteiger partial charge in [0, 0.05) is 69.4 Å². The fourth-order valence-electron chi connectivity index (χ4n) is 5.30. The van der Waals surface area contributed by atoms with Gasteiger partial charge in [-0.15, -0.1) is 0 Å². The fraction of sp³-hybridized carbons (Fsp3) is 0.636. The number of nitrogens with zero attached hydrogens (tertiary/aromatic N) is 3. The standard InChI is InChI=1S/C13H17NO3.C11H16N2O3.C10H13NO3.C6H11BrO.C4H10S/c1-12(2,3)11(17)13(7-4-8-13)14-9(15)5-6-10(14)16;1-11(2,3)10(16)7(6-12)13-8(14)4-5-9(13)15;1-10(2,3)7(12)6-11-8(13)4-5-9(11)14;1-6(2,3)5(8)4-7;1-4(2,3)5/h5-6H,4,7-8H2,1-3H3;4-5,7H,6,12H2,1-3H3;4-5H,6H2,1-3H3;4H2,1-3H3;5H,1-3H3. The minimum absolute atomic E-state index is 0.0124. The van der Waals surface area contributed by atoms with Crippen LogP contribution in [0.25, 0.3) is 0 Å². The van der Waals surface area contributed by atoms with Crippen LogP contribution in [0, 0.1) is 21.7 Å². The van der Waals surface area contributed by atoms with Crippen molar-refractivity contribution >= 4 is 87.1 Å². The summed E-state index contributed by atoms with van der Waals surface area (Å²) in [5, 5.41) is 0.469. The lowest BCUT2D eigenvalue weighted by molar-refractivity contribution is -0.160. The Morgan fingerprint density at radius 2 is 0.967 bits per heavy atom. The summed E-state index contributed by atoms with van der Waals surface area (Å²) < 4.78 is 0.194. The SMILES string of the molecule is CC(C)(C)C(=O)C(CN)N1C(=O)C=CC1=O.CC(C)(C)C(=O)C1(N2C(=O)C=CC2=O)CCC1.CC(C)(C)C(=O)CBr.CC(C)(C)C(=O)CN1C(=O)C=CC1=O.CC(C)(C)S. The molecule has 0 radical (unpaired) electrons. The van der Waals surface area contributed by atoms with Crippen LogP contribution in [-0.2, 0) is 47.9 Å². The number of thiol groups is 1. The van der Waals surface area contributed by atoms with Crippen LogP contribution in [0.2, 0.25) is 0 Å². The van der Waals surface area contributed by atoms with Crippen molar-refractivity contribution in [3.63, 3.8) is 0 Å². The molecule has 2 N–H and O–H groups in total. The van der Waals surface area contributed by atoms with Gasteiger partial charge in [-0.25, -0.2) is 0 Å². The first-order valence-corrected chi connectivity index (χ1v) is 21.2. The second-order valence-electron chi connectivity index (χ2n) is 19.8. The number of alkyl halides is 1. The van der Waals surface area contributed by atoms with Crippen molar-refractivity contribution in [2.75, 3.05) is 18.4 Å². The molecule has 14 nitrogen and oxygen atoms in total. The summed E-state index contributed by atoms with van der Waals surface area (Å²) in [7, 11) is 0. The average molecular weight is 924 g/mol. The Bertz CT molecular complexity index is 1720. The molecule has 16 heteroatoms. The number of hydrogen-bond acceptors (Lipinski definition) is 12. The van der Waals surface area contributed by atoms with Crippen LogP contribution >= 0.6 is 28.6 Å². The van der Waals surface area contributed by atoms with Gasteiger partial charge >= 0.3 is 0 Å². The van der Waals surface area contributed by atoms with Crippen LogP contribution in [0.5, 0.6) is 0 Å². The quantitative estimate of drug-likeness (QED) is 0.176. The molecule has 1 atom stereocenters. The topological polar surface area (TPSA) is 206 Å². The Morgan fingerprint density at radius 3 is 1.22 bits per heavy atom. The van der Waals surface area contributed by atoms with Gasteiger partial charge in [0.15, 0.2) is 17.3 Å². The van der Waals surface area contributed by atoms with Gasteiger partial charge in [0.25, 0.3) is 35.4 Å². The van der Waals surface area contributed by atoms with Crippen molar-refractivity contribution in [3.05, 3.63) is 36.5 Å². The predicted octanol–water partition coefficient (Wildman–Crippen LogP) is 5.54. The predicted molar refractivity (Wildman–Crippen MR) is 238 cm³/mol. The highest BCUT2D eigenvalue weighted by Gasteiger charge is 2.56. The van der Waals surface area contributed by atoms with E-state index in [-0.39, 0.29) is 58.2 Å². The second kappa shape index (κ2) is 21.8. The van der Waals surface area contributed by atoms with E-state index in [9.17, 15) is 47.9 Å². The summed E-state index contributed by atoms with van der Waals surface area (Å²) in [6, 6.07) is -0.866. The molecular formula is C44H67BrN4O10S. The summed E-state index contributed by atoms with van der Waals surface area (Å²) in [6.45, 7) is 27.7. The minimum Gasteiger partial charge on any atom is -0.328 e. The number of amides is 6. The maximum absolute atomic E-state index is 12.5. The van der Waals surface area contributed by atoms with E-state index in [0.29, 0.717) is 18.2 Å². The number of hydrogen-bond donors (Lipinski definition) is 2. The first-order valence-electron chi connectivity index (χ1n) is 19.7. The molecule has 0 aromatic carbocycles. The van der Waals surface area contributed by atoms with E-state index in [1.165, 1.54) is 24.3 Å². The number of ketones is 4. The first kappa shape index (κ1) is 56.1. The molecule has 3 aliphatic heterocycles. The highest BCUT2D eigenvalue weighted by atomic mass is 79.9. The molecule has 4 aliphatic rings. The monoisotopic (exact) mass is 922 g/mol. The molecule has 0 aromatic rings. The van der Waals surface area contributed by atoms with Gasteiger partial charge in [0.05, 0.1) is 11.9 Å². The molecule has 6 amide bonds. The maximum atomic E-state index is 12.5. The van der Waals surface area contributed by atoms with Crippen molar-refractivity contribution in [3.8, 4) is 0 Å². The molecule has 3 heterocycles. The molecule has 1 aliphatic carbocycles. The van der Waals surface area contributed by atoms with Gasteiger partial charge in [0.2, 0.25) is 0 Å². The number of halogens is 1. The Morgan fingerprint density at radius 1 is 0.617 bits per heavy atom. The lowest BCUT2D eigenvalue weighted by Crippen LogP contribution is -2.63. The van der Waals surface area contributed by atoms with Crippen LogP contribution < -0.4 is 5.73 Å². The molecule has 0 saturated heterocycles. The molecule has 336 valence electrons. The summed E-state index contributed by atoms with van der Waals surface area (Å²) in [5.74, 6) is -2.57. The van der Waals surface area contributed by atoms with Gasteiger partial charge in [0.1, 0.15) is 17.4 Å². The Labute approximate surface area is 370 Å². The number of carbonyl (C=O) groups is 10. The molecule has 1 unspecified atom stereocenters. The molecular weight excluding hydrogens is 856 g/mol. The van der Waals surface area contributed by atoms with Crippen molar-refractivity contribution < 1.29 is 47.9 Å². The van der Waals surface area contributed by atoms with Crippen molar-refractivity contribution in [1.29, 1.82) is 0 Å². The van der Waals surface area contributed by atoms with Crippen LogP contribution in [0.1, 0.15) is 123 Å². The number of rotatable bonds is 8.